The van der Waals surface area contributed by atoms with Crippen LogP contribution in [-0.4, -0.2) is 28.6 Å². The van der Waals surface area contributed by atoms with Gasteiger partial charge in [0.1, 0.15) is 11.6 Å². The fourth-order valence-corrected chi connectivity index (χ4v) is 4.53. The van der Waals surface area contributed by atoms with E-state index >= 15 is 0 Å². The van der Waals surface area contributed by atoms with Gasteiger partial charge in [0.25, 0.3) is 5.91 Å². The number of hydrogen-bond donors (Lipinski definition) is 1. The van der Waals surface area contributed by atoms with Crippen LogP contribution in [0.15, 0.2) is 77.3 Å². The molecule has 0 saturated carbocycles. The van der Waals surface area contributed by atoms with Crippen molar-refractivity contribution in [3.63, 3.8) is 0 Å². The molecule has 0 radical (unpaired) electrons. The number of nitrogens with zero attached hydrogens (tertiary/aromatic N) is 2. The van der Waals surface area contributed by atoms with Crippen molar-refractivity contribution in [2.75, 3.05) is 13.2 Å². The van der Waals surface area contributed by atoms with Crippen molar-refractivity contribution in [2.24, 2.45) is 0 Å². The smallest absolute Gasteiger partial charge is 0.251 e. The number of aryl methyl sites for hydroxylation is 3. The Labute approximate surface area is 215 Å². The molecule has 0 unspecified atom stereocenters. The van der Waals surface area contributed by atoms with Crippen LogP contribution in [0, 0.1) is 6.92 Å². The number of para-hydroxylation sites is 2. The lowest BCUT2D eigenvalue weighted by molar-refractivity contribution is 0.0953. The lowest BCUT2D eigenvalue weighted by Crippen LogP contribution is -2.24. The summed E-state index contributed by atoms with van der Waals surface area (Å²) in [4.78, 5) is 17.2. The molecule has 0 aliphatic carbocycles. The summed E-state index contributed by atoms with van der Waals surface area (Å²) in [5.74, 6) is 2.01. The maximum atomic E-state index is 12.3. The minimum atomic E-state index is -0.0269. The van der Waals surface area contributed by atoms with Crippen molar-refractivity contribution in [3.05, 3.63) is 94.2 Å². The Morgan fingerprint density at radius 1 is 0.971 bits per heavy atom. The van der Waals surface area contributed by atoms with Crippen molar-refractivity contribution in [1.82, 2.24) is 14.9 Å². The van der Waals surface area contributed by atoms with E-state index in [1.807, 2.05) is 42.5 Å². The zero-order valence-corrected chi connectivity index (χ0v) is 21.8. The van der Waals surface area contributed by atoms with Gasteiger partial charge in [0.15, 0.2) is 0 Å². The Balaban J connectivity index is 1.24. The van der Waals surface area contributed by atoms with Gasteiger partial charge in [-0.1, -0.05) is 58.2 Å². The Morgan fingerprint density at radius 3 is 2.63 bits per heavy atom. The number of halogens is 1. The van der Waals surface area contributed by atoms with Gasteiger partial charge in [0.2, 0.25) is 0 Å². The number of imidazole rings is 1. The number of carbonyl (C=O) groups is 1. The SMILES string of the molecule is Cc1ccc(OCCCn2c(CCCCCNC(=O)c3cccc(Br)c3)nc3ccccc32)cc1. The zero-order valence-electron chi connectivity index (χ0n) is 20.2. The Hall–Kier alpha value is -3.12. The highest BCUT2D eigenvalue weighted by molar-refractivity contribution is 9.10. The minimum absolute atomic E-state index is 0.0269. The van der Waals surface area contributed by atoms with Gasteiger partial charge in [-0.25, -0.2) is 4.98 Å². The summed E-state index contributed by atoms with van der Waals surface area (Å²) in [7, 11) is 0. The molecule has 6 heteroatoms. The van der Waals surface area contributed by atoms with Crippen molar-refractivity contribution < 1.29 is 9.53 Å². The topological polar surface area (TPSA) is 56.1 Å². The van der Waals surface area contributed by atoms with Crippen LogP contribution in [0.5, 0.6) is 5.75 Å². The number of rotatable bonds is 12. The van der Waals surface area contributed by atoms with Crippen LogP contribution in [0.4, 0.5) is 0 Å². The van der Waals surface area contributed by atoms with Gasteiger partial charge < -0.3 is 14.6 Å². The molecule has 1 N–H and O–H groups in total. The molecule has 1 heterocycles. The highest BCUT2D eigenvalue weighted by Crippen LogP contribution is 2.19. The van der Waals surface area contributed by atoms with Gasteiger partial charge in [-0.15, -0.1) is 0 Å². The van der Waals surface area contributed by atoms with E-state index in [-0.39, 0.29) is 5.91 Å². The maximum Gasteiger partial charge on any atom is 0.251 e. The number of nitrogens with one attached hydrogen (secondary N) is 1. The molecule has 182 valence electrons. The van der Waals surface area contributed by atoms with Gasteiger partial charge in [-0.05, 0) is 68.7 Å². The first kappa shape index (κ1) is 25.0. The van der Waals surface area contributed by atoms with Crippen LogP contribution in [0.2, 0.25) is 0 Å². The molecule has 0 spiro atoms. The first-order valence-electron chi connectivity index (χ1n) is 12.3. The molecule has 3 aromatic carbocycles. The predicted octanol–water partition coefficient (Wildman–Crippen LogP) is 6.72. The number of fused-ring (bicyclic) bond motifs is 1. The van der Waals surface area contributed by atoms with Gasteiger partial charge >= 0.3 is 0 Å². The number of aromatic nitrogens is 2. The number of carbonyl (C=O) groups excluding carboxylic acids is 1. The summed E-state index contributed by atoms with van der Waals surface area (Å²) in [5.41, 5.74) is 4.14. The summed E-state index contributed by atoms with van der Waals surface area (Å²) >= 11 is 3.41. The molecular formula is C29H32BrN3O2. The molecule has 0 fully saturated rings. The van der Waals surface area contributed by atoms with Gasteiger partial charge in [-0.3, -0.25) is 4.79 Å². The fourth-order valence-electron chi connectivity index (χ4n) is 4.13. The lowest BCUT2D eigenvalue weighted by Gasteiger charge is -2.11. The second-order valence-corrected chi connectivity index (χ2v) is 9.68. The van der Waals surface area contributed by atoms with Crippen molar-refractivity contribution in [2.45, 2.75) is 45.6 Å². The molecule has 5 nitrogen and oxygen atoms in total. The number of benzene rings is 3. The van der Waals surface area contributed by atoms with E-state index in [0.29, 0.717) is 18.7 Å². The highest BCUT2D eigenvalue weighted by atomic mass is 79.9. The maximum absolute atomic E-state index is 12.3. The van der Waals surface area contributed by atoms with Crippen molar-refractivity contribution >= 4 is 32.9 Å². The fraction of sp³-hybridized carbons (Fsp3) is 0.310. The Morgan fingerprint density at radius 2 is 1.80 bits per heavy atom. The van der Waals surface area contributed by atoms with Crippen molar-refractivity contribution in [3.8, 4) is 5.75 Å². The van der Waals surface area contributed by atoms with E-state index in [9.17, 15) is 4.79 Å². The molecule has 0 aliphatic rings. The van der Waals surface area contributed by atoms with E-state index in [1.165, 1.54) is 11.1 Å². The first-order valence-corrected chi connectivity index (χ1v) is 13.1. The first-order chi connectivity index (χ1) is 17.1. The second-order valence-electron chi connectivity index (χ2n) is 8.76. The number of amides is 1. The van der Waals surface area contributed by atoms with E-state index in [4.69, 9.17) is 9.72 Å². The van der Waals surface area contributed by atoms with Gasteiger partial charge in [-0.2, -0.15) is 0 Å². The third-order valence-corrected chi connectivity index (χ3v) is 6.49. The third-order valence-electron chi connectivity index (χ3n) is 6.00. The number of unbranched alkanes of at least 4 members (excludes halogenated alkanes) is 2. The number of ether oxygens (including phenoxy) is 1. The van der Waals surface area contributed by atoms with Crippen LogP contribution in [0.25, 0.3) is 11.0 Å². The van der Waals surface area contributed by atoms with Crippen molar-refractivity contribution in [1.29, 1.82) is 0 Å². The van der Waals surface area contributed by atoms with Crippen LogP contribution < -0.4 is 10.1 Å². The average molecular weight is 534 g/mol. The molecule has 1 amide bonds. The summed E-state index contributed by atoms with van der Waals surface area (Å²) in [6.45, 7) is 4.31. The molecule has 0 saturated heterocycles. The minimum Gasteiger partial charge on any atom is -0.494 e. The molecule has 4 rings (SSSR count). The monoisotopic (exact) mass is 533 g/mol. The molecule has 1 aromatic heterocycles. The van der Waals surface area contributed by atoms with E-state index in [2.05, 4.69) is 63.1 Å². The molecule has 35 heavy (non-hydrogen) atoms. The van der Waals surface area contributed by atoms with Gasteiger partial charge in [0.05, 0.1) is 17.6 Å². The predicted molar refractivity (Wildman–Crippen MR) is 145 cm³/mol. The molecular weight excluding hydrogens is 502 g/mol. The van der Waals surface area contributed by atoms with E-state index in [0.717, 1.165) is 60.2 Å². The largest absolute Gasteiger partial charge is 0.494 e. The zero-order chi connectivity index (χ0) is 24.5. The summed E-state index contributed by atoms with van der Waals surface area (Å²) in [6, 6.07) is 24.0. The van der Waals surface area contributed by atoms with E-state index < -0.39 is 0 Å². The second kappa shape index (κ2) is 12.5. The third kappa shape index (κ3) is 7.18. The summed E-state index contributed by atoms with van der Waals surface area (Å²) in [5, 5.41) is 3.01. The van der Waals surface area contributed by atoms with Crippen LogP contribution in [0.1, 0.15) is 47.4 Å². The molecule has 0 atom stereocenters. The van der Waals surface area contributed by atoms with Gasteiger partial charge in [0, 0.05) is 29.5 Å². The van der Waals surface area contributed by atoms with E-state index in [1.54, 1.807) is 0 Å². The highest BCUT2D eigenvalue weighted by Gasteiger charge is 2.10. The van der Waals surface area contributed by atoms with Crippen LogP contribution in [0.3, 0.4) is 0 Å². The summed E-state index contributed by atoms with van der Waals surface area (Å²) in [6.07, 6.45) is 4.87. The van der Waals surface area contributed by atoms with Crippen LogP contribution >= 0.6 is 15.9 Å². The average Bonchev–Trinajstić information content (AvgIpc) is 3.22. The molecule has 0 bridgehead atoms. The summed E-state index contributed by atoms with van der Waals surface area (Å²) < 4.78 is 9.17. The molecule has 4 aromatic rings. The standard InChI is InChI=1S/C29H32BrN3O2/c1-22-14-16-25(17-15-22)35-20-8-19-33-27-12-5-4-11-26(27)32-28(33)13-3-2-6-18-31-29(34)23-9-7-10-24(30)21-23/h4-5,7,9-12,14-17,21H,2-3,6,8,13,18-20H2,1H3,(H,31,34). The van der Waals surface area contributed by atoms with Crippen LogP contribution in [-0.2, 0) is 13.0 Å². The number of hydrogen-bond acceptors (Lipinski definition) is 3. The Bertz CT molecular complexity index is 1250. The quantitative estimate of drug-likeness (QED) is 0.205. The Kier molecular flexibility index (Phi) is 8.96. The molecule has 0 aliphatic heterocycles. The normalized spacial score (nSPS) is 11.0. The lowest BCUT2D eigenvalue weighted by atomic mass is 10.1.